The molecule has 27 heavy (non-hydrogen) atoms. The van der Waals surface area contributed by atoms with Gasteiger partial charge in [-0.3, -0.25) is 14.9 Å². The highest BCUT2D eigenvalue weighted by Gasteiger charge is 2.26. The molecule has 0 unspecified atom stereocenters. The largest absolute Gasteiger partial charge is 0.467 e. The Kier molecular flexibility index (Phi) is 6.03. The van der Waals surface area contributed by atoms with Crippen LogP contribution in [0.15, 0.2) is 53.2 Å². The van der Waals surface area contributed by atoms with Crippen LogP contribution in [-0.4, -0.2) is 46.8 Å². The number of benzene rings is 1. The third kappa shape index (κ3) is 5.04. The SMILES string of the molecule is CN1CCC(N(Cc2ccco2)C(=O)/C=C/c2cccc([N+](=O)[O-])c2)CC1. The maximum Gasteiger partial charge on any atom is 0.270 e. The number of nitro groups is 1. The molecule has 0 bridgehead atoms. The summed E-state index contributed by atoms with van der Waals surface area (Å²) in [5, 5.41) is 10.9. The van der Waals surface area contributed by atoms with Gasteiger partial charge < -0.3 is 14.2 Å². The van der Waals surface area contributed by atoms with Crippen LogP contribution in [0.4, 0.5) is 5.69 Å². The fourth-order valence-corrected chi connectivity index (χ4v) is 3.27. The van der Waals surface area contributed by atoms with E-state index in [1.54, 1.807) is 24.5 Å². The van der Waals surface area contributed by atoms with Gasteiger partial charge in [-0.15, -0.1) is 0 Å². The van der Waals surface area contributed by atoms with E-state index in [1.807, 2.05) is 17.0 Å². The minimum atomic E-state index is -0.444. The maximum absolute atomic E-state index is 12.9. The summed E-state index contributed by atoms with van der Waals surface area (Å²) in [7, 11) is 2.08. The van der Waals surface area contributed by atoms with Gasteiger partial charge in [-0.2, -0.15) is 0 Å². The van der Waals surface area contributed by atoms with Gasteiger partial charge in [-0.1, -0.05) is 12.1 Å². The first-order valence-corrected chi connectivity index (χ1v) is 8.97. The van der Waals surface area contributed by atoms with Crippen molar-refractivity contribution in [3.8, 4) is 0 Å². The molecule has 0 saturated carbocycles. The van der Waals surface area contributed by atoms with E-state index in [0.717, 1.165) is 31.7 Å². The molecule has 0 atom stereocenters. The molecule has 2 heterocycles. The van der Waals surface area contributed by atoms with Crippen LogP contribution in [0.25, 0.3) is 6.08 Å². The van der Waals surface area contributed by atoms with Crippen molar-refractivity contribution in [3.63, 3.8) is 0 Å². The van der Waals surface area contributed by atoms with Crippen LogP contribution in [0.1, 0.15) is 24.2 Å². The Labute approximate surface area is 158 Å². The second-order valence-electron chi connectivity index (χ2n) is 6.77. The average molecular weight is 369 g/mol. The number of rotatable bonds is 6. The van der Waals surface area contributed by atoms with E-state index < -0.39 is 4.92 Å². The normalized spacial score (nSPS) is 15.9. The standard InChI is InChI=1S/C20H23N3O4/c1-21-11-9-17(10-12-21)22(15-19-6-3-13-27-19)20(24)8-7-16-4-2-5-18(14-16)23(25)26/h2-8,13-14,17H,9-12,15H2,1H3/b8-7+. The van der Waals surface area contributed by atoms with Crippen molar-refractivity contribution in [2.45, 2.75) is 25.4 Å². The summed E-state index contributed by atoms with van der Waals surface area (Å²) in [4.78, 5) is 27.4. The number of carbonyl (C=O) groups excluding carboxylic acids is 1. The van der Waals surface area contributed by atoms with E-state index in [4.69, 9.17) is 4.42 Å². The number of piperidine rings is 1. The summed E-state index contributed by atoms with van der Waals surface area (Å²) in [6.45, 7) is 2.31. The molecule has 1 aromatic heterocycles. The van der Waals surface area contributed by atoms with Crippen LogP contribution < -0.4 is 0 Å². The highest BCUT2D eigenvalue weighted by Crippen LogP contribution is 2.20. The van der Waals surface area contributed by atoms with Crippen molar-refractivity contribution in [2.24, 2.45) is 0 Å². The van der Waals surface area contributed by atoms with Crippen molar-refractivity contribution in [2.75, 3.05) is 20.1 Å². The molecule has 0 spiro atoms. The quantitative estimate of drug-likeness (QED) is 0.443. The van der Waals surface area contributed by atoms with Crippen molar-refractivity contribution in [1.29, 1.82) is 0 Å². The Hall–Kier alpha value is -2.93. The molecule has 1 fully saturated rings. The molecule has 1 aromatic carbocycles. The molecule has 3 rings (SSSR count). The Morgan fingerprint density at radius 2 is 2.11 bits per heavy atom. The van der Waals surface area contributed by atoms with Crippen LogP contribution in [0, 0.1) is 10.1 Å². The highest BCUT2D eigenvalue weighted by atomic mass is 16.6. The van der Waals surface area contributed by atoms with Crippen molar-refractivity contribution < 1.29 is 14.1 Å². The van der Waals surface area contributed by atoms with Crippen molar-refractivity contribution >= 4 is 17.7 Å². The van der Waals surface area contributed by atoms with Gasteiger partial charge in [0.2, 0.25) is 5.91 Å². The van der Waals surface area contributed by atoms with E-state index >= 15 is 0 Å². The number of nitro benzene ring substituents is 1. The van der Waals surface area contributed by atoms with Gasteiger partial charge in [0.25, 0.3) is 5.69 Å². The smallest absolute Gasteiger partial charge is 0.270 e. The molecule has 2 aromatic rings. The van der Waals surface area contributed by atoms with Gasteiger partial charge in [0.05, 0.1) is 17.7 Å². The molecular formula is C20H23N3O4. The monoisotopic (exact) mass is 369 g/mol. The van der Waals surface area contributed by atoms with Gasteiger partial charge in [0.15, 0.2) is 0 Å². The highest BCUT2D eigenvalue weighted by molar-refractivity contribution is 5.92. The second kappa shape index (κ2) is 8.64. The molecule has 0 N–H and O–H groups in total. The lowest BCUT2D eigenvalue weighted by atomic mass is 10.0. The Balaban J connectivity index is 1.75. The number of non-ortho nitro benzene ring substituents is 1. The fourth-order valence-electron chi connectivity index (χ4n) is 3.27. The third-order valence-electron chi connectivity index (χ3n) is 4.82. The van der Waals surface area contributed by atoms with Gasteiger partial charge >= 0.3 is 0 Å². The van der Waals surface area contributed by atoms with Gasteiger partial charge in [-0.05, 0) is 56.8 Å². The first kappa shape index (κ1) is 18.8. The minimum absolute atomic E-state index is 0.00681. The molecular weight excluding hydrogens is 346 g/mol. The first-order valence-electron chi connectivity index (χ1n) is 8.97. The molecule has 0 radical (unpaired) electrons. The summed E-state index contributed by atoms with van der Waals surface area (Å²) in [6.07, 6.45) is 6.53. The molecule has 1 aliphatic heterocycles. The van der Waals surface area contributed by atoms with Gasteiger partial charge in [0, 0.05) is 24.3 Å². The topological polar surface area (TPSA) is 79.8 Å². The fraction of sp³-hybridized carbons (Fsp3) is 0.350. The molecule has 7 heteroatoms. The Morgan fingerprint density at radius 3 is 2.78 bits per heavy atom. The average Bonchev–Trinajstić information content (AvgIpc) is 3.18. The predicted molar refractivity (Wildman–Crippen MR) is 102 cm³/mol. The number of carbonyl (C=O) groups is 1. The zero-order chi connectivity index (χ0) is 19.2. The number of furan rings is 1. The van der Waals surface area contributed by atoms with Crippen molar-refractivity contribution in [3.05, 3.63) is 70.2 Å². The van der Waals surface area contributed by atoms with Crippen LogP contribution in [-0.2, 0) is 11.3 Å². The number of likely N-dealkylation sites (tertiary alicyclic amines) is 1. The van der Waals surface area contributed by atoms with E-state index in [2.05, 4.69) is 11.9 Å². The summed E-state index contributed by atoms with van der Waals surface area (Å²) < 4.78 is 5.43. The zero-order valence-corrected chi connectivity index (χ0v) is 15.3. The van der Waals surface area contributed by atoms with E-state index in [9.17, 15) is 14.9 Å². The molecule has 0 aliphatic carbocycles. The van der Waals surface area contributed by atoms with E-state index in [-0.39, 0.29) is 17.6 Å². The second-order valence-corrected chi connectivity index (χ2v) is 6.77. The lowest BCUT2D eigenvalue weighted by molar-refractivity contribution is -0.384. The Morgan fingerprint density at radius 1 is 1.33 bits per heavy atom. The van der Waals surface area contributed by atoms with Gasteiger partial charge in [-0.25, -0.2) is 0 Å². The molecule has 7 nitrogen and oxygen atoms in total. The molecule has 1 amide bonds. The predicted octanol–water partition coefficient (Wildman–Crippen LogP) is 3.32. The summed E-state index contributed by atoms with van der Waals surface area (Å²) in [6, 6.07) is 10.1. The first-order chi connectivity index (χ1) is 13.0. The summed E-state index contributed by atoms with van der Waals surface area (Å²) >= 11 is 0. The van der Waals surface area contributed by atoms with E-state index in [1.165, 1.54) is 18.2 Å². The summed E-state index contributed by atoms with van der Waals surface area (Å²) in [5.74, 6) is 0.624. The van der Waals surface area contributed by atoms with Crippen LogP contribution in [0.5, 0.6) is 0 Å². The molecule has 1 saturated heterocycles. The number of amides is 1. The van der Waals surface area contributed by atoms with Crippen LogP contribution in [0.3, 0.4) is 0 Å². The lowest BCUT2D eigenvalue weighted by Crippen LogP contribution is -2.45. The Bertz CT molecular complexity index is 808. The van der Waals surface area contributed by atoms with Crippen molar-refractivity contribution in [1.82, 2.24) is 9.80 Å². The molecule has 1 aliphatic rings. The molecule has 142 valence electrons. The third-order valence-corrected chi connectivity index (χ3v) is 4.82. The van der Waals surface area contributed by atoms with Gasteiger partial charge in [0.1, 0.15) is 5.76 Å². The van der Waals surface area contributed by atoms with Crippen LogP contribution >= 0.6 is 0 Å². The zero-order valence-electron chi connectivity index (χ0n) is 15.3. The number of hydrogen-bond donors (Lipinski definition) is 0. The van der Waals surface area contributed by atoms with Crippen LogP contribution in [0.2, 0.25) is 0 Å². The lowest BCUT2D eigenvalue weighted by Gasteiger charge is -2.36. The summed E-state index contributed by atoms with van der Waals surface area (Å²) in [5.41, 5.74) is 0.631. The number of hydrogen-bond acceptors (Lipinski definition) is 5. The van der Waals surface area contributed by atoms with E-state index in [0.29, 0.717) is 12.1 Å². The number of nitrogens with zero attached hydrogens (tertiary/aromatic N) is 3. The maximum atomic E-state index is 12.9. The minimum Gasteiger partial charge on any atom is -0.467 e.